The Morgan fingerprint density at radius 1 is 1.44 bits per heavy atom. The van der Waals surface area contributed by atoms with E-state index < -0.39 is 4.92 Å². The number of rotatable bonds is 4. The molecule has 0 aliphatic carbocycles. The Balaban J connectivity index is 2.21. The number of nitro groups is 1. The van der Waals surface area contributed by atoms with Gasteiger partial charge in [-0.2, -0.15) is 10.2 Å². The largest absolute Gasteiger partial charge is 0.357 e. The van der Waals surface area contributed by atoms with Crippen molar-refractivity contribution in [2.45, 2.75) is 13.5 Å². The van der Waals surface area contributed by atoms with E-state index in [1.807, 2.05) is 0 Å². The van der Waals surface area contributed by atoms with Gasteiger partial charge in [-0.05, 0) is 6.92 Å². The van der Waals surface area contributed by atoms with Crippen molar-refractivity contribution in [2.75, 3.05) is 5.32 Å². The number of hydrogen-bond donors (Lipinski definition) is 1. The molecule has 9 heteroatoms. The van der Waals surface area contributed by atoms with Crippen LogP contribution in [0.4, 0.5) is 11.5 Å². The first kappa shape index (κ1) is 12.0. The first-order chi connectivity index (χ1) is 8.49. The highest BCUT2D eigenvalue weighted by Crippen LogP contribution is 2.27. The van der Waals surface area contributed by atoms with Gasteiger partial charge in [0.25, 0.3) is 0 Å². The van der Waals surface area contributed by atoms with Gasteiger partial charge in [0.15, 0.2) is 5.82 Å². The van der Waals surface area contributed by atoms with Gasteiger partial charge in [-0.3, -0.25) is 14.8 Å². The van der Waals surface area contributed by atoms with Crippen molar-refractivity contribution >= 4 is 11.5 Å². The SMILES string of the molecule is Cc1nn(C)c(NCc2ncn(C)n2)c1[N+](=O)[O-]. The van der Waals surface area contributed by atoms with Crippen LogP contribution in [0.15, 0.2) is 6.33 Å². The summed E-state index contributed by atoms with van der Waals surface area (Å²) >= 11 is 0. The maximum Gasteiger partial charge on any atom is 0.333 e. The van der Waals surface area contributed by atoms with Crippen LogP contribution < -0.4 is 5.32 Å². The Morgan fingerprint density at radius 3 is 2.72 bits per heavy atom. The summed E-state index contributed by atoms with van der Waals surface area (Å²) in [6.07, 6.45) is 1.57. The molecule has 96 valence electrons. The molecule has 0 unspecified atom stereocenters. The molecule has 0 spiro atoms. The van der Waals surface area contributed by atoms with Crippen LogP contribution in [0.3, 0.4) is 0 Å². The van der Waals surface area contributed by atoms with Gasteiger partial charge in [0.05, 0.1) is 11.5 Å². The average Bonchev–Trinajstić information content (AvgIpc) is 2.79. The summed E-state index contributed by atoms with van der Waals surface area (Å²) in [6.45, 7) is 1.91. The molecular weight excluding hydrogens is 238 g/mol. The molecule has 2 rings (SSSR count). The maximum atomic E-state index is 10.9. The van der Waals surface area contributed by atoms with Crippen LogP contribution in [0, 0.1) is 17.0 Å². The normalized spacial score (nSPS) is 10.6. The molecule has 0 aliphatic rings. The predicted molar refractivity (Wildman–Crippen MR) is 62.9 cm³/mol. The Labute approximate surface area is 103 Å². The van der Waals surface area contributed by atoms with Crippen LogP contribution >= 0.6 is 0 Å². The molecule has 0 aromatic carbocycles. The van der Waals surface area contributed by atoms with Gasteiger partial charge in [0, 0.05) is 14.1 Å². The number of aryl methyl sites for hydroxylation is 3. The molecule has 0 saturated carbocycles. The fraction of sp³-hybridized carbons (Fsp3) is 0.444. The van der Waals surface area contributed by atoms with Crippen LogP contribution in [0.25, 0.3) is 0 Å². The summed E-state index contributed by atoms with van der Waals surface area (Å²) in [7, 11) is 3.40. The zero-order valence-corrected chi connectivity index (χ0v) is 10.3. The molecule has 0 saturated heterocycles. The van der Waals surface area contributed by atoms with Crippen LogP contribution in [-0.4, -0.2) is 29.5 Å². The number of nitrogens with one attached hydrogen (secondary N) is 1. The third-order valence-electron chi connectivity index (χ3n) is 2.43. The van der Waals surface area contributed by atoms with Gasteiger partial charge in [-0.25, -0.2) is 9.67 Å². The van der Waals surface area contributed by atoms with E-state index in [1.54, 1.807) is 32.0 Å². The second kappa shape index (κ2) is 4.43. The second-order valence-electron chi connectivity index (χ2n) is 3.85. The first-order valence-corrected chi connectivity index (χ1v) is 5.25. The monoisotopic (exact) mass is 251 g/mol. The van der Waals surface area contributed by atoms with Crippen molar-refractivity contribution in [1.29, 1.82) is 0 Å². The van der Waals surface area contributed by atoms with Crippen molar-refractivity contribution in [3.05, 3.63) is 28.0 Å². The van der Waals surface area contributed by atoms with Gasteiger partial charge in [-0.15, -0.1) is 0 Å². The van der Waals surface area contributed by atoms with Crippen molar-refractivity contribution in [1.82, 2.24) is 24.5 Å². The fourth-order valence-corrected chi connectivity index (χ4v) is 1.69. The number of hydrogen-bond acceptors (Lipinski definition) is 6. The molecule has 0 radical (unpaired) electrons. The molecule has 0 amide bonds. The molecule has 18 heavy (non-hydrogen) atoms. The topological polar surface area (TPSA) is 104 Å². The van der Waals surface area contributed by atoms with E-state index in [-0.39, 0.29) is 5.69 Å². The summed E-state index contributed by atoms with van der Waals surface area (Å²) < 4.78 is 3.01. The van der Waals surface area contributed by atoms with Crippen LogP contribution in [0.2, 0.25) is 0 Å². The van der Waals surface area contributed by atoms with Gasteiger partial charge >= 0.3 is 5.69 Å². The molecule has 0 fully saturated rings. The lowest BCUT2D eigenvalue weighted by Gasteiger charge is -2.03. The van der Waals surface area contributed by atoms with Gasteiger partial charge in [0.1, 0.15) is 12.0 Å². The Hall–Kier alpha value is -2.45. The van der Waals surface area contributed by atoms with Gasteiger partial charge in [-0.1, -0.05) is 0 Å². The van der Waals surface area contributed by atoms with Crippen LogP contribution in [-0.2, 0) is 20.6 Å². The Kier molecular flexibility index (Phi) is 2.96. The highest BCUT2D eigenvalue weighted by Gasteiger charge is 2.23. The fourth-order valence-electron chi connectivity index (χ4n) is 1.69. The average molecular weight is 251 g/mol. The zero-order valence-electron chi connectivity index (χ0n) is 10.3. The van der Waals surface area contributed by atoms with Gasteiger partial charge in [0.2, 0.25) is 5.82 Å². The van der Waals surface area contributed by atoms with E-state index in [0.717, 1.165) is 0 Å². The predicted octanol–water partition coefficient (Wildman–Crippen LogP) is 0.377. The second-order valence-corrected chi connectivity index (χ2v) is 3.85. The minimum absolute atomic E-state index is 0.0200. The summed E-state index contributed by atoms with van der Waals surface area (Å²) in [6, 6.07) is 0. The number of nitrogens with zero attached hydrogens (tertiary/aromatic N) is 6. The van der Waals surface area contributed by atoms with E-state index >= 15 is 0 Å². The lowest BCUT2D eigenvalue weighted by Crippen LogP contribution is -2.08. The maximum absolute atomic E-state index is 10.9. The lowest BCUT2D eigenvalue weighted by molar-refractivity contribution is -0.384. The summed E-state index contributed by atoms with van der Waals surface area (Å²) in [5, 5.41) is 22.0. The van der Waals surface area contributed by atoms with Crippen LogP contribution in [0.1, 0.15) is 11.5 Å². The molecule has 9 nitrogen and oxygen atoms in total. The van der Waals surface area contributed by atoms with E-state index in [2.05, 4.69) is 20.5 Å². The molecule has 2 aromatic rings. The third kappa shape index (κ3) is 2.14. The van der Waals surface area contributed by atoms with Crippen molar-refractivity contribution in [3.63, 3.8) is 0 Å². The van der Waals surface area contributed by atoms with E-state index in [0.29, 0.717) is 23.9 Å². The lowest BCUT2D eigenvalue weighted by atomic mass is 10.4. The molecular formula is C9H13N7O2. The van der Waals surface area contributed by atoms with Gasteiger partial charge < -0.3 is 5.32 Å². The highest BCUT2D eigenvalue weighted by molar-refractivity contribution is 5.59. The van der Waals surface area contributed by atoms with Crippen molar-refractivity contribution in [3.8, 4) is 0 Å². The summed E-state index contributed by atoms with van der Waals surface area (Å²) in [4.78, 5) is 14.5. The number of anilines is 1. The molecule has 1 N–H and O–H groups in total. The third-order valence-corrected chi connectivity index (χ3v) is 2.43. The molecule has 0 bridgehead atoms. The minimum Gasteiger partial charge on any atom is -0.357 e. The molecule has 0 atom stereocenters. The van der Waals surface area contributed by atoms with E-state index in [9.17, 15) is 10.1 Å². The quantitative estimate of drug-likeness (QED) is 0.622. The molecule has 2 heterocycles. The summed E-state index contributed by atoms with van der Waals surface area (Å²) in [5.74, 6) is 0.913. The standard InChI is InChI=1S/C9H13N7O2/c1-6-8(16(17)18)9(15(3)12-6)10-4-7-11-5-14(2)13-7/h5,10H,4H2,1-3H3. The summed E-state index contributed by atoms with van der Waals surface area (Å²) in [5.41, 5.74) is 0.354. The highest BCUT2D eigenvalue weighted by atomic mass is 16.6. The molecule has 0 aliphatic heterocycles. The zero-order chi connectivity index (χ0) is 13.3. The first-order valence-electron chi connectivity index (χ1n) is 5.25. The van der Waals surface area contributed by atoms with Crippen molar-refractivity contribution < 1.29 is 4.92 Å². The Morgan fingerprint density at radius 2 is 2.17 bits per heavy atom. The van der Waals surface area contributed by atoms with E-state index in [4.69, 9.17) is 0 Å². The smallest absolute Gasteiger partial charge is 0.333 e. The molecule has 2 aromatic heterocycles. The van der Waals surface area contributed by atoms with Crippen LogP contribution in [0.5, 0.6) is 0 Å². The Bertz CT molecular complexity index is 586. The number of aromatic nitrogens is 5. The minimum atomic E-state index is -0.448. The van der Waals surface area contributed by atoms with E-state index in [1.165, 1.54) is 4.68 Å². The van der Waals surface area contributed by atoms with Crippen molar-refractivity contribution in [2.24, 2.45) is 14.1 Å².